The minimum atomic E-state index is -0.877. The molecule has 1 heterocycles. The molecule has 0 atom stereocenters. The summed E-state index contributed by atoms with van der Waals surface area (Å²) in [7, 11) is -0.877. The maximum absolute atomic E-state index is 4.22. The van der Waals surface area contributed by atoms with Crippen LogP contribution >= 0.6 is 7.92 Å². The predicted molar refractivity (Wildman–Crippen MR) is 141 cm³/mol. The Morgan fingerprint density at radius 3 is 1.36 bits per heavy atom. The Hall–Kier alpha value is -2.89. The van der Waals surface area contributed by atoms with Crippen LogP contribution in [-0.2, 0) is 20.1 Å². The quantitative estimate of drug-likeness (QED) is 0.172. The van der Waals surface area contributed by atoms with Crippen molar-refractivity contribution in [1.82, 2.24) is 4.98 Å². The number of hydrogen-bond donors (Lipinski definition) is 0. The smallest absolute Gasteiger partial charge is 0.102 e. The average Bonchev–Trinajstić information content (AvgIpc) is 2.88. The van der Waals surface area contributed by atoms with Crippen LogP contribution in [0, 0.1) is 13.5 Å². The minimum absolute atomic E-state index is 0. The van der Waals surface area contributed by atoms with E-state index in [1.54, 1.807) is 6.20 Å². The molecule has 0 aliphatic carbocycles. The molecule has 0 N–H and O–H groups in total. The fraction of sp³-hybridized carbons (Fsp3) is 0. The van der Waals surface area contributed by atoms with Crippen LogP contribution in [0.25, 0.3) is 11.3 Å². The van der Waals surface area contributed by atoms with Gasteiger partial charge in [-0.2, -0.15) is 0 Å². The summed E-state index contributed by atoms with van der Waals surface area (Å²) in [4.78, 5) is 4.22. The third-order valence-electron chi connectivity index (χ3n) is 4.84. The zero-order valence-corrected chi connectivity index (χ0v) is 22.0. The van der Waals surface area contributed by atoms with Gasteiger partial charge in [0.2, 0.25) is 0 Å². The first-order valence-corrected chi connectivity index (χ1v) is 11.8. The Morgan fingerprint density at radius 1 is 0.515 bits per heavy atom. The van der Waals surface area contributed by atoms with Gasteiger partial charge in [-0.15, -0.1) is 35.9 Å². The molecular weight excluding hydrogens is 598 g/mol. The molecule has 1 nitrogen and oxygen atoms in total. The second kappa shape index (κ2) is 14.3. The van der Waals surface area contributed by atoms with E-state index < -0.39 is 7.92 Å². The van der Waals surface area contributed by atoms with Gasteiger partial charge in [-0.05, 0) is 48.2 Å². The van der Waals surface area contributed by atoms with Crippen LogP contribution in [0.5, 0.6) is 0 Å². The SMILES string of the molecule is [CH3-].[Ir].[c-]1ccccc1-c1ccccn1.c1ccc([PH+](c2ccccc2)c2ccccc2)cc1. The summed E-state index contributed by atoms with van der Waals surface area (Å²) in [5, 5.41) is 4.31. The first-order chi connectivity index (χ1) is 15.4. The zero-order chi connectivity index (χ0) is 21.1. The summed E-state index contributed by atoms with van der Waals surface area (Å²) in [5.41, 5.74) is 2.01. The minimum Gasteiger partial charge on any atom is -0.358 e. The van der Waals surface area contributed by atoms with Crippen LogP contribution in [-0.4, -0.2) is 4.98 Å². The summed E-state index contributed by atoms with van der Waals surface area (Å²) in [6.07, 6.45) is 1.79. The fourth-order valence-electron chi connectivity index (χ4n) is 3.39. The summed E-state index contributed by atoms with van der Waals surface area (Å²) in [6.45, 7) is 0. The van der Waals surface area contributed by atoms with Crippen molar-refractivity contribution in [3.63, 3.8) is 0 Å². The molecule has 4 aromatic carbocycles. The Labute approximate surface area is 212 Å². The number of benzene rings is 4. The molecule has 0 aliphatic heterocycles. The van der Waals surface area contributed by atoms with Crippen LogP contribution in [0.1, 0.15) is 0 Å². The molecule has 0 fully saturated rings. The van der Waals surface area contributed by atoms with Crippen LogP contribution in [0.15, 0.2) is 140 Å². The monoisotopic (exact) mass is 625 g/mol. The first-order valence-electron chi connectivity index (χ1n) is 10.3. The van der Waals surface area contributed by atoms with Gasteiger partial charge in [-0.1, -0.05) is 66.7 Å². The third-order valence-corrected chi connectivity index (χ3v) is 7.57. The fourth-order valence-corrected chi connectivity index (χ4v) is 5.97. The van der Waals surface area contributed by atoms with Crippen molar-refractivity contribution in [3.8, 4) is 11.3 Å². The van der Waals surface area contributed by atoms with Crippen molar-refractivity contribution in [2.75, 3.05) is 0 Å². The van der Waals surface area contributed by atoms with E-state index in [0.29, 0.717) is 0 Å². The third kappa shape index (κ3) is 7.58. The van der Waals surface area contributed by atoms with Gasteiger partial charge in [-0.25, -0.2) is 0 Å². The van der Waals surface area contributed by atoms with Gasteiger partial charge in [0.25, 0.3) is 0 Å². The van der Waals surface area contributed by atoms with Gasteiger partial charge < -0.3 is 12.4 Å². The predicted octanol–water partition coefficient (Wildman–Crippen LogP) is 6.17. The molecule has 167 valence electrons. The summed E-state index contributed by atoms with van der Waals surface area (Å²) in [6, 6.07) is 49.3. The Kier molecular flexibility index (Phi) is 11.4. The van der Waals surface area contributed by atoms with E-state index in [1.807, 2.05) is 42.5 Å². The largest absolute Gasteiger partial charge is 0.358 e. The molecule has 0 unspecified atom stereocenters. The van der Waals surface area contributed by atoms with Crippen LogP contribution in [0.4, 0.5) is 0 Å². The van der Waals surface area contributed by atoms with Crippen LogP contribution < -0.4 is 15.9 Å². The van der Waals surface area contributed by atoms with Gasteiger partial charge in [0, 0.05) is 26.3 Å². The first kappa shape index (κ1) is 26.4. The maximum Gasteiger partial charge on any atom is 0.102 e. The molecule has 3 heteroatoms. The van der Waals surface area contributed by atoms with E-state index in [2.05, 4.69) is 102 Å². The van der Waals surface area contributed by atoms with E-state index in [1.165, 1.54) is 15.9 Å². The van der Waals surface area contributed by atoms with Gasteiger partial charge in [0.1, 0.15) is 15.9 Å². The molecule has 0 spiro atoms. The topological polar surface area (TPSA) is 12.9 Å². The summed E-state index contributed by atoms with van der Waals surface area (Å²) in [5.74, 6) is 0. The maximum atomic E-state index is 4.22. The molecule has 0 amide bonds. The number of nitrogens with zero attached hydrogens (tertiary/aromatic N) is 1. The van der Waals surface area contributed by atoms with Crippen molar-refractivity contribution >= 4 is 23.8 Å². The van der Waals surface area contributed by atoms with E-state index in [4.69, 9.17) is 0 Å². The number of hydrogen-bond acceptors (Lipinski definition) is 1. The Balaban J connectivity index is 0.000000240. The molecule has 0 aliphatic rings. The Bertz CT molecular complexity index is 1020. The zero-order valence-electron chi connectivity index (χ0n) is 18.6. The second-order valence-corrected chi connectivity index (χ2v) is 9.45. The Morgan fingerprint density at radius 2 is 0.970 bits per heavy atom. The van der Waals surface area contributed by atoms with E-state index in [9.17, 15) is 0 Å². The van der Waals surface area contributed by atoms with Crippen LogP contribution in [0.3, 0.4) is 0 Å². The second-order valence-electron chi connectivity index (χ2n) is 6.96. The number of rotatable bonds is 4. The normalized spacial score (nSPS) is 9.61. The average molecular weight is 625 g/mol. The van der Waals surface area contributed by atoms with Crippen molar-refractivity contribution in [2.45, 2.75) is 0 Å². The molecule has 5 rings (SSSR count). The summed E-state index contributed by atoms with van der Waals surface area (Å²) < 4.78 is 0. The standard InChI is InChI=1S/C18H15P.C11H8N.CH3.Ir/c1-4-10-16(11-5-1)19(17-12-6-2-7-13-17)18-14-8-3-9-15-18;1-2-6-10(7-3-1)11-8-4-5-9-12-11;;/h1-15H;1-6,8-9H;1H3;/q;2*-1;/p+1. The molecule has 0 bridgehead atoms. The van der Waals surface area contributed by atoms with Gasteiger partial charge in [0.05, 0.1) is 7.92 Å². The number of aromatic nitrogens is 1. The molecule has 1 radical (unpaired) electrons. The van der Waals surface area contributed by atoms with Crippen molar-refractivity contribution in [2.24, 2.45) is 0 Å². The van der Waals surface area contributed by atoms with Gasteiger partial charge >= 0.3 is 0 Å². The van der Waals surface area contributed by atoms with Crippen LogP contribution in [0.2, 0.25) is 0 Å². The molecule has 1 aromatic heterocycles. The van der Waals surface area contributed by atoms with E-state index in [0.717, 1.165) is 11.3 Å². The van der Waals surface area contributed by atoms with Crippen molar-refractivity contribution in [3.05, 3.63) is 153 Å². The molecule has 5 aromatic rings. The molecule has 33 heavy (non-hydrogen) atoms. The molecule has 0 saturated heterocycles. The van der Waals surface area contributed by atoms with Crippen molar-refractivity contribution in [1.29, 1.82) is 0 Å². The van der Waals surface area contributed by atoms with Crippen molar-refractivity contribution < 1.29 is 20.1 Å². The molecule has 0 saturated carbocycles. The molecular formula is C30H27IrNP-. The van der Waals surface area contributed by atoms with Gasteiger partial charge in [0.15, 0.2) is 0 Å². The van der Waals surface area contributed by atoms with E-state index >= 15 is 0 Å². The van der Waals surface area contributed by atoms with E-state index in [-0.39, 0.29) is 27.5 Å². The van der Waals surface area contributed by atoms with Gasteiger partial charge in [-0.3, -0.25) is 0 Å². The summed E-state index contributed by atoms with van der Waals surface area (Å²) >= 11 is 0. The number of pyridine rings is 1.